The van der Waals surface area contributed by atoms with Gasteiger partial charge in [0.1, 0.15) is 0 Å². The summed E-state index contributed by atoms with van der Waals surface area (Å²) in [5.74, 6) is -2.66. The van der Waals surface area contributed by atoms with Crippen LogP contribution in [-0.2, 0) is 14.4 Å². The molecule has 9 heteroatoms. The lowest BCUT2D eigenvalue weighted by Gasteiger charge is -2.34. The zero-order valence-electron chi connectivity index (χ0n) is 12.6. The molecule has 1 aliphatic heterocycles. The minimum absolute atomic E-state index is 0.101. The second kappa shape index (κ2) is 8.95. The molecular formula is C15H17NO6S2. The highest BCUT2D eigenvalue weighted by atomic mass is 32.2. The zero-order valence-corrected chi connectivity index (χ0v) is 14.2. The van der Waals surface area contributed by atoms with Gasteiger partial charge in [0.25, 0.3) is 0 Å². The SMILES string of the molecule is O=C(O)CO/N=C/C(CC(=O)O)C1Sc2ccccc2SC1CO. The highest BCUT2D eigenvalue weighted by Crippen LogP contribution is 2.47. The number of aliphatic hydroxyl groups is 1. The molecule has 1 aromatic carbocycles. The van der Waals surface area contributed by atoms with Crippen LogP contribution < -0.4 is 0 Å². The van der Waals surface area contributed by atoms with E-state index in [0.717, 1.165) is 9.79 Å². The first kappa shape index (κ1) is 18.6. The number of hydrogen-bond acceptors (Lipinski definition) is 7. The lowest BCUT2D eigenvalue weighted by Crippen LogP contribution is -2.35. The van der Waals surface area contributed by atoms with Gasteiger partial charge in [0, 0.05) is 32.4 Å². The number of fused-ring (bicyclic) bond motifs is 1. The van der Waals surface area contributed by atoms with E-state index in [1.807, 2.05) is 24.3 Å². The summed E-state index contributed by atoms with van der Waals surface area (Å²) in [6.07, 6.45) is 1.14. The Hall–Kier alpha value is -1.71. The Morgan fingerprint density at radius 1 is 1.21 bits per heavy atom. The second-order valence-corrected chi connectivity index (χ2v) is 7.55. The van der Waals surface area contributed by atoms with Crippen molar-refractivity contribution in [2.24, 2.45) is 11.1 Å². The van der Waals surface area contributed by atoms with E-state index in [1.54, 1.807) is 0 Å². The predicted molar refractivity (Wildman–Crippen MR) is 90.6 cm³/mol. The van der Waals surface area contributed by atoms with E-state index in [-0.39, 0.29) is 23.5 Å². The van der Waals surface area contributed by atoms with Crippen molar-refractivity contribution in [1.29, 1.82) is 0 Å². The minimum atomic E-state index is -1.16. The standard InChI is InChI=1S/C15H17NO6S2/c17-7-12-15(24-11-4-2-1-3-10(11)23-12)9(5-13(18)19)6-16-22-8-14(20)21/h1-4,6,9,12,15,17H,5,7-8H2,(H,18,19)(H,20,21)/b16-6+. The molecule has 2 rings (SSSR count). The zero-order chi connectivity index (χ0) is 17.5. The van der Waals surface area contributed by atoms with Crippen molar-refractivity contribution < 1.29 is 29.7 Å². The maximum Gasteiger partial charge on any atom is 0.344 e. The Bertz CT molecular complexity index is 624. The summed E-state index contributed by atoms with van der Waals surface area (Å²) in [6, 6.07) is 7.72. The first-order chi connectivity index (χ1) is 11.5. The van der Waals surface area contributed by atoms with Gasteiger partial charge in [0.2, 0.25) is 6.61 Å². The molecule has 0 radical (unpaired) electrons. The molecule has 0 saturated heterocycles. The van der Waals surface area contributed by atoms with Crippen molar-refractivity contribution in [1.82, 2.24) is 0 Å². The second-order valence-electron chi connectivity index (χ2n) is 5.05. The summed E-state index contributed by atoms with van der Waals surface area (Å²) in [6.45, 7) is -0.689. The summed E-state index contributed by atoms with van der Waals surface area (Å²) < 4.78 is 0. The smallest absolute Gasteiger partial charge is 0.344 e. The molecule has 0 bridgehead atoms. The van der Waals surface area contributed by atoms with Gasteiger partial charge < -0.3 is 20.2 Å². The fraction of sp³-hybridized carbons (Fsp3) is 0.400. The minimum Gasteiger partial charge on any atom is -0.481 e. The molecule has 24 heavy (non-hydrogen) atoms. The fourth-order valence-electron chi connectivity index (χ4n) is 2.27. The molecule has 0 aliphatic carbocycles. The third-order valence-corrected chi connectivity index (χ3v) is 6.50. The van der Waals surface area contributed by atoms with Crippen LogP contribution in [0.25, 0.3) is 0 Å². The average Bonchev–Trinajstić information content (AvgIpc) is 2.55. The predicted octanol–water partition coefficient (Wildman–Crippen LogP) is 1.79. The third-order valence-electron chi connectivity index (χ3n) is 3.28. The summed E-state index contributed by atoms with van der Waals surface area (Å²) in [5.41, 5.74) is 0. The molecule has 3 unspecified atom stereocenters. The number of thioether (sulfide) groups is 2. The molecule has 1 heterocycles. The quantitative estimate of drug-likeness (QED) is 0.468. The van der Waals surface area contributed by atoms with Gasteiger partial charge in [-0.25, -0.2) is 4.79 Å². The van der Waals surface area contributed by atoms with Gasteiger partial charge in [-0.05, 0) is 12.1 Å². The Morgan fingerprint density at radius 2 is 1.88 bits per heavy atom. The van der Waals surface area contributed by atoms with E-state index in [9.17, 15) is 14.7 Å². The Balaban J connectivity index is 2.17. The van der Waals surface area contributed by atoms with Gasteiger partial charge in [-0.15, -0.1) is 23.5 Å². The van der Waals surface area contributed by atoms with Crippen LogP contribution in [0.15, 0.2) is 39.2 Å². The van der Waals surface area contributed by atoms with Gasteiger partial charge in [0.05, 0.1) is 13.0 Å². The van der Waals surface area contributed by atoms with E-state index in [2.05, 4.69) is 9.99 Å². The number of nitrogens with zero attached hydrogens (tertiary/aromatic N) is 1. The molecule has 130 valence electrons. The molecule has 1 aromatic rings. The lowest BCUT2D eigenvalue weighted by molar-refractivity contribution is -0.142. The third kappa shape index (κ3) is 5.15. The maximum atomic E-state index is 11.2. The Morgan fingerprint density at radius 3 is 2.46 bits per heavy atom. The van der Waals surface area contributed by atoms with Crippen LogP contribution in [0.5, 0.6) is 0 Å². The Kier molecular flexibility index (Phi) is 6.95. The topological polar surface area (TPSA) is 116 Å². The van der Waals surface area contributed by atoms with Crippen molar-refractivity contribution in [2.45, 2.75) is 26.7 Å². The van der Waals surface area contributed by atoms with Crippen LogP contribution >= 0.6 is 23.5 Å². The Labute approximate surface area is 147 Å². The molecule has 0 aromatic heterocycles. The number of hydrogen-bond donors (Lipinski definition) is 3. The molecule has 0 spiro atoms. The number of aliphatic carboxylic acids is 2. The van der Waals surface area contributed by atoms with Crippen molar-refractivity contribution >= 4 is 41.7 Å². The van der Waals surface area contributed by atoms with Gasteiger partial charge in [-0.1, -0.05) is 17.3 Å². The van der Waals surface area contributed by atoms with Crippen LogP contribution in [0.2, 0.25) is 0 Å². The van der Waals surface area contributed by atoms with Crippen LogP contribution in [0.1, 0.15) is 6.42 Å². The molecule has 0 amide bonds. The average molecular weight is 371 g/mol. The lowest BCUT2D eigenvalue weighted by atomic mass is 10.00. The van der Waals surface area contributed by atoms with E-state index in [4.69, 9.17) is 10.2 Å². The summed E-state index contributed by atoms with van der Waals surface area (Å²) in [5, 5.41) is 30.5. The number of carboxylic acids is 2. The van der Waals surface area contributed by atoms with Crippen LogP contribution in [0.3, 0.4) is 0 Å². The number of carbonyl (C=O) groups is 2. The molecule has 0 saturated carbocycles. The van der Waals surface area contributed by atoms with Crippen LogP contribution in [-0.4, -0.2) is 57.2 Å². The van der Waals surface area contributed by atoms with E-state index < -0.39 is 24.5 Å². The molecule has 3 N–H and O–H groups in total. The highest BCUT2D eigenvalue weighted by molar-refractivity contribution is 8.06. The van der Waals surface area contributed by atoms with Gasteiger partial charge in [0.15, 0.2) is 0 Å². The monoisotopic (exact) mass is 371 g/mol. The fourth-order valence-corrected chi connectivity index (χ4v) is 5.18. The summed E-state index contributed by atoms with van der Waals surface area (Å²) in [7, 11) is 0. The molecule has 0 fully saturated rings. The number of benzene rings is 1. The summed E-state index contributed by atoms with van der Waals surface area (Å²) in [4.78, 5) is 28.3. The van der Waals surface area contributed by atoms with Gasteiger partial charge >= 0.3 is 11.9 Å². The molecule has 3 atom stereocenters. The van der Waals surface area contributed by atoms with Crippen molar-refractivity contribution in [3.8, 4) is 0 Å². The molecule has 1 aliphatic rings. The molecular weight excluding hydrogens is 354 g/mol. The number of aliphatic hydroxyl groups excluding tert-OH is 1. The number of oxime groups is 1. The van der Waals surface area contributed by atoms with Crippen LogP contribution in [0.4, 0.5) is 0 Å². The van der Waals surface area contributed by atoms with E-state index >= 15 is 0 Å². The van der Waals surface area contributed by atoms with Crippen molar-refractivity contribution in [3.05, 3.63) is 24.3 Å². The summed E-state index contributed by atoms with van der Waals surface area (Å²) >= 11 is 3.00. The maximum absolute atomic E-state index is 11.2. The van der Waals surface area contributed by atoms with Gasteiger partial charge in [-0.2, -0.15) is 0 Å². The highest BCUT2D eigenvalue weighted by Gasteiger charge is 2.35. The van der Waals surface area contributed by atoms with Crippen molar-refractivity contribution in [3.63, 3.8) is 0 Å². The van der Waals surface area contributed by atoms with E-state index in [0.29, 0.717) is 0 Å². The first-order valence-electron chi connectivity index (χ1n) is 7.13. The first-order valence-corrected chi connectivity index (χ1v) is 8.89. The van der Waals surface area contributed by atoms with Crippen molar-refractivity contribution in [2.75, 3.05) is 13.2 Å². The largest absolute Gasteiger partial charge is 0.481 e. The van der Waals surface area contributed by atoms with Gasteiger partial charge in [-0.3, -0.25) is 4.79 Å². The molecule has 7 nitrogen and oxygen atoms in total. The number of rotatable bonds is 8. The normalized spacial score (nSPS) is 21.2. The number of carboxylic acid groups (broad SMARTS) is 2. The van der Waals surface area contributed by atoms with E-state index in [1.165, 1.54) is 29.7 Å². The van der Waals surface area contributed by atoms with Crippen LogP contribution in [0, 0.1) is 5.92 Å².